The third kappa shape index (κ3) is 4.63. The van der Waals surface area contributed by atoms with Gasteiger partial charge in [0.15, 0.2) is 0 Å². The number of hydrogen-bond donors (Lipinski definition) is 1. The quantitative estimate of drug-likeness (QED) is 0.604. The fraction of sp³-hybridized carbons (Fsp3) is 0.409. The number of benzene rings is 2. The van der Waals surface area contributed by atoms with E-state index in [4.69, 9.17) is 9.47 Å². The first-order valence-electron chi connectivity index (χ1n) is 10.9. The van der Waals surface area contributed by atoms with Crippen molar-refractivity contribution < 1.29 is 31.1 Å². The van der Waals surface area contributed by atoms with Gasteiger partial charge in [0.25, 0.3) is 10.0 Å². The van der Waals surface area contributed by atoms with Gasteiger partial charge in [-0.25, -0.2) is 16.8 Å². The Morgan fingerprint density at radius 3 is 2.47 bits per heavy atom. The van der Waals surface area contributed by atoms with Gasteiger partial charge in [0.1, 0.15) is 10.6 Å². The lowest BCUT2D eigenvalue weighted by molar-refractivity contribution is -0.118. The highest BCUT2D eigenvalue weighted by Gasteiger charge is 2.30. The minimum atomic E-state index is -4.01. The Morgan fingerprint density at radius 2 is 1.79 bits per heavy atom. The normalized spacial score (nSPS) is 16.8. The molecule has 2 aromatic rings. The molecule has 2 aliphatic rings. The van der Waals surface area contributed by atoms with Crippen molar-refractivity contribution in [1.82, 2.24) is 4.31 Å². The van der Waals surface area contributed by atoms with Crippen LogP contribution in [0.25, 0.3) is 0 Å². The summed E-state index contributed by atoms with van der Waals surface area (Å²) in [6.07, 6.45) is 0.934. The summed E-state index contributed by atoms with van der Waals surface area (Å²) < 4.78 is 66.8. The first kappa shape index (κ1) is 24.5. The van der Waals surface area contributed by atoms with Gasteiger partial charge in [0, 0.05) is 31.7 Å². The number of fused-ring (bicyclic) bond motifs is 1. The highest BCUT2D eigenvalue weighted by Crippen LogP contribution is 2.33. The number of carbonyl (C=O) groups excluding carboxylic acids is 1. The zero-order valence-electron chi connectivity index (χ0n) is 19.0. The summed E-state index contributed by atoms with van der Waals surface area (Å²) in [5.41, 5.74) is 1.58. The Bertz CT molecular complexity index is 1300. The highest BCUT2D eigenvalue weighted by atomic mass is 32.2. The van der Waals surface area contributed by atoms with Crippen LogP contribution in [0.1, 0.15) is 18.9 Å². The van der Waals surface area contributed by atoms with Crippen molar-refractivity contribution >= 4 is 37.3 Å². The average molecular weight is 510 g/mol. The summed E-state index contributed by atoms with van der Waals surface area (Å²) in [7, 11) is -6.57. The van der Waals surface area contributed by atoms with Crippen LogP contribution in [0.4, 0.5) is 11.4 Å². The summed E-state index contributed by atoms with van der Waals surface area (Å²) in [5, 5.41) is 0. The van der Waals surface area contributed by atoms with Gasteiger partial charge in [-0.2, -0.15) is 4.31 Å². The van der Waals surface area contributed by atoms with Gasteiger partial charge < -0.3 is 14.4 Å². The van der Waals surface area contributed by atoms with Crippen molar-refractivity contribution in [3.8, 4) is 5.75 Å². The fourth-order valence-electron chi connectivity index (χ4n) is 4.08. The second-order valence-electron chi connectivity index (χ2n) is 7.93. The summed E-state index contributed by atoms with van der Waals surface area (Å²) in [5.74, 6) is 0.104. The standard InChI is InChI=1S/C22H27N3O7S2/c1-3-22(26)25-9-8-16-14-18(5-6-19(16)25)33(27,28)23-17-4-7-20(31-2)21(15-17)34(29,30)24-10-12-32-13-11-24/h4-7,14-15,23H,3,8-13H2,1-2H3. The summed E-state index contributed by atoms with van der Waals surface area (Å²) >= 11 is 0. The molecule has 0 aliphatic carbocycles. The number of amides is 1. The molecule has 4 rings (SSSR count). The molecule has 184 valence electrons. The Kier molecular flexibility index (Phi) is 6.85. The molecule has 1 saturated heterocycles. The minimum Gasteiger partial charge on any atom is -0.495 e. The topological polar surface area (TPSA) is 122 Å². The van der Waals surface area contributed by atoms with Crippen LogP contribution >= 0.6 is 0 Å². The van der Waals surface area contributed by atoms with Gasteiger partial charge in [-0.3, -0.25) is 9.52 Å². The zero-order chi connectivity index (χ0) is 24.5. The van der Waals surface area contributed by atoms with Gasteiger partial charge in [0.2, 0.25) is 15.9 Å². The van der Waals surface area contributed by atoms with Crippen molar-refractivity contribution in [1.29, 1.82) is 0 Å². The summed E-state index contributed by atoms with van der Waals surface area (Å²) in [4.78, 5) is 13.7. The predicted molar refractivity (Wildman–Crippen MR) is 126 cm³/mol. The number of nitrogens with zero attached hydrogens (tertiary/aromatic N) is 2. The van der Waals surface area contributed by atoms with E-state index in [0.717, 1.165) is 5.56 Å². The molecule has 34 heavy (non-hydrogen) atoms. The first-order valence-corrected chi connectivity index (χ1v) is 13.8. The van der Waals surface area contributed by atoms with Crippen LogP contribution in [0.15, 0.2) is 46.2 Å². The summed E-state index contributed by atoms with van der Waals surface area (Å²) in [6.45, 7) is 3.27. The van der Waals surface area contributed by atoms with Gasteiger partial charge in [-0.1, -0.05) is 6.92 Å². The van der Waals surface area contributed by atoms with E-state index in [0.29, 0.717) is 25.1 Å². The van der Waals surface area contributed by atoms with Gasteiger partial charge >= 0.3 is 0 Å². The molecular formula is C22H27N3O7S2. The molecule has 12 heteroatoms. The molecule has 2 aromatic carbocycles. The van der Waals surface area contributed by atoms with Crippen LogP contribution < -0.4 is 14.4 Å². The fourth-order valence-corrected chi connectivity index (χ4v) is 6.77. The van der Waals surface area contributed by atoms with Crippen LogP contribution in [0.3, 0.4) is 0 Å². The number of ether oxygens (including phenoxy) is 2. The second kappa shape index (κ2) is 9.53. The maximum absolute atomic E-state index is 13.2. The number of anilines is 2. The third-order valence-corrected chi connectivity index (χ3v) is 9.16. The zero-order valence-corrected chi connectivity index (χ0v) is 20.6. The van der Waals surface area contributed by atoms with E-state index < -0.39 is 20.0 Å². The largest absolute Gasteiger partial charge is 0.495 e. The van der Waals surface area contributed by atoms with Gasteiger partial charge in [-0.05, 0) is 48.4 Å². The van der Waals surface area contributed by atoms with E-state index >= 15 is 0 Å². The first-order chi connectivity index (χ1) is 16.2. The Labute approximate surface area is 199 Å². The van der Waals surface area contributed by atoms with Crippen LogP contribution in [-0.4, -0.2) is 67.0 Å². The van der Waals surface area contributed by atoms with Crippen molar-refractivity contribution in [3.05, 3.63) is 42.0 Å². The molecule has 0 bridgehead atoms. The molecule has 10 nitrogen and oxygen atoms in total. The number of sulfonamides is 2. The Balaban J connectivity index is 1.63. The number of methoxy groups -OCH3 is 1. The van der Waals surface area contributed by atoms with Crippen molar-refractivity contribution in [2.75, 3.05) is 49.6 Å². The van der Waals surface area contributed by atoms with E-state index in [1.807, 2.05) is 0 Å². The highest BCUT2D eigenvalue weighted by molar-refractivity contribution is 7.92. The lowest BCUT2D eigenvalue weighted by Gasteiger charge is -2.26. The maximum Gasteiger partial charge on any atom is 0.261 e. The number of carbonyl (C=O) groups is 1. The lowest BCUT2D eigenvalue weighted by atomic mass is 10.2. The van der Waals surface area contributed by atoms with E-state index in [9.17, 15) is 21.6 Å². The molecule has 0 unspecified atom stereocenters. The molecule has 1 N–H and O–H groups in total. The molecular weight excluding hydrogens is 482 g/mol. The number of hydrogen-bond acceptors (Lipinski definition) is 7. The van der Waals surface area contributed by atoms with Gasteiger partial charge in [0.05, 0.1) is 30.9 Å². The monoisotopic (exact) mass is 509 g/mol. The van der Waals surface area contributed by atoms with Crippen molar-refractivity contribution in [2.24, 2.45) is 0 Å². The van der Waals surface area contributed by atoms with Crippen LogP contribution in [0.5, 0.6) is 5.75 Å². The van der Waals surface area contributed by atoms with E-state index in [1.165, 1.54) is 35.7 Å². The lowest BCUT2D eigenvalue weighted by Crippen LogP contribution is -2.40. The minimum absolute atomic E-state index is 0.0141. The molecule has 2 heterocycles. The molecule has 0 aromatic heterocycles. The molecule has 0 saturated carbocycles. The van der Waals surface area contributed by atoms with Crippen LogP contribution in [0, 0.1) is 0 Å². The number of nitrogens with one attached hydrogen (secondary N) is 1. The van der Waals surface area contributed by atoms with Crippen molar-refractivity contribution in [2.45, 2.75) is 29.6 Å². The van der Waals surface area contributed by atoms with E-state index in [1.54, 1.807) is 24.0 Å². The molecule has 1 fully saturated rings. The molecule has 2 aliphatic heterocycles. The van der Waals surface area contributed by atoms with Crippen LogP contribution in [-0.2, 0) is 36.0 Å². The summed E-state index contributed by atoms with van der Waals surface area (Å²) in [6, 6.07) is 8.75. The Morgan fingerprint density at radius 1 is 1.06 bits per heavy atom. The predicted octanol–water partition coefficient (Wildman–Crippen LogP) is 1.82. The van der Waals surface area contributed by atoms with E-state index in [-0.39, 0.29) is 53.4 Å². The molecule has 0 spiro atoms. The maximum atomic E-state index is 13.2. The van der Waals surface area contributed by atoms with Gasteiger partial charge in [-0.15, -0.1) is 0 Å². The smallest absolute Gasteiger partial charge is 0.261 e. The average Bonchev–Trinajstić information content (AvgIpc) is 3.27. The number of morpholine rings is 1. The third-order valence-electron chi connectivity index (χ3n) is 5.86. The SMILES string of the molecule is CCC(=O)N1CCc2cc(S(=O)(=O)Nc3ccc(OC)c(S(=O)(=O)N4CCOCC4)c3)ccc21. The Hall–Kier alpha value is -2.67. The van der Waals surface area contributed by atoms with Crippen molar-refractivity contribution in [3.63, 3.8) is 0 Å². The van der Waals surface area contributed by atoms with E-state index in [2.05, 4.69) is 4.72 Å². The molecule has 0 radical (unpaired) electrons. The van der Waals surface area contributed by atoms with Crippen LogP contribution in [0.2, 0.25) is 0 Å². The molecule has 1 amide bonds. The molecule has 0 atom stereocenters. The second-order valence-corrected chi connectivity index (χ2v) is 11.5. The number of rotatable bonds is 7.